The Balaban J connectivity index is 1.81. The number of aromatic nitrogens is 1. The molecule has 0 radical (unpaired) electrons. The number of fused-ring (bicyclic) bond motifs is 2. The molecule has 4 rings (SSSR count). The van der Waals surface area contributed by atoms with Crippen LogP contribution < -0.4 is 0 Å². The molecule has 2 heterocycles. The number of hydrogen-bond donors (Lipinski definition) is 0. The van der Waals surface area contributed by atoms with Crippen LogP contribution in [0.1, 0.15) is 51.3 Å². The summed E-state index contributed by atoms with van der Waals surface area (Å²) in [6, 6.07) is 15.7. The van der Waals surface area contributed by atoms with Gasteiger partial charge < -0.3 is 0 Å². The molecule has 0 atom stereocenters. The number of nitrogens with zero attached hydrogens (tertiary/aromatic N) is 1. The molecular weight excluding hydrogens is 346 g/mol. The highest BCUT2D eigenvalue weighted by molar-refractivity contribution is 7.17. The molecule has 2 heteroatoms. The molecule has 4 aromatic rings. The zero-order valence-corrected chi connectivity index (χ0v) is 17.7. The Morgan fingerprint density at radius 3 is 2.33 bits per heavy atom. The molecule has 27 heavy (non-hydrogen) atoms. The SMILES string of the molecule is CC(C)(C)c1cccc2c(CC(C)(C)c3csc4cnccc34)cccc12. The Kier molecular flexibility index (Phi) is 4.35. The van der Waals surface area contributed by atoms with Gasteiger partial charge in [0.1, 0.15) is 0 Å². The normalized spacial score (nSPS) is 12.8. The van der Waals surface area contributed by atoms with Crippen molar-refractivity contribution in [3.8, 4) is 0 Å². The third-order valence-electron chi connectivity index (χ3n) is 5.56. The van der Waals surface area contributed by atoms with E-state index in [1.807, 2.05) is 12.4 Å². The van der Waals surface area contributed by atoms with E-state index in [1.165, 1.54) is 37.5 Å². The van der Waals surface area contributed by atoms with Crippen LogP contribution >= 0.6 is 11.3 Å². The predicted octanol–water partition coefficient (Wildman–Crippen LogP) is 7.27. The van der Waals surface area contributed by atoms with Gasteiger partial charge in [0.15, 0.2) is 0 Å². The second-order valence-electron chi connectivity index (χ2n) is 9.15. The summed E-state index contributed by atoms with van der Waals surface area (Å²) in [5.41, 5.74) is 4.48. The molecule has 0 aliphatic carbocycles. The van der Waals surface area contributed by atoms with E-state index in [-0.39, 0.29) is 10.8 Å². The van der Waals surface area contributed by atoms with Gasteiger partial charge in [0.05, 0.1) is 4.70 Å². The van der Waals surface area contributed by atoms with Crippen molar-refractivity contribution < 1.29 is 0 Å². The van der Waals surface area contributed by atoms with Crippen LogP contribution in [0.5, 0.6) is 0 Å². The van der Waals surface area contributed by atoms with Gasteiger partial charge in [-0.3, -0.25) is 4.98 Å². The largest absolute Gasteiger partial charge is 0.263 e. The lowest BCUT2D eigenvalue weighted by atomic mass is 9.77. The summed E-state index contributed by atoms with van der Waals surface area (Å²) in [7, 11) is 0. The van der Waals surface area contributed by atoms with E-state index in [1.54, 1.807) is 11.3 Å². The summed E-state index contributed by atoms with van der Waals surface area (Å²) >= 11 is 1.80. The summed E-state index contributed by atoms with van der Waals surface area (Å²) in [5.74, 6) is 0. The lowest BCUT2D eigenvalue weighted by Crippen LogP contribution is -2.20. The minimum Gasteiger partial charge on any atom is -0.263 e. The lowest BCUT2D eigenvalue weighted by molar-refractivity contribution is 0.530. The van der Waals surface area contributed by atoms with E-state index in [2.05, 4.69) is 87.4 Å². The van der Waals surface area contributed by atoms with Crippen molar-refractivity contribution in [2.75, 3.05) is 0 Å². The quantitative estimate of drug-likeness (QED) is 0.368. The van der Waals surface area contributed by atoms with E-state index in [0.29, 0.717) is 0 Å². The van der Waals surface area contributed by atoms with Crippen LogP contribution in [-0.4, -0.2) is 4.98 Å². The zero-order valence-electron chi connectivity index (χ0n) is 16.8. The molecule has 0 spiro atoms. The van der Waals surface area contributed by atoms with Crippen LogP contribution in [0.2, 0.25) is 0 Å². The van der Waals surface area contributed by atoms with Crippen molar-refractivity contribution in [1.29, 1.82) is 0 Å². The van der Waals surface area contributed by atoms with E-state index >= 15 is 0 Å². The maximum absolute atomic E-state index is 4.28. The highest BCUT2D eigenvalue weighted by Crippen LogP contribution is 2.39. The maximum Gasteiger partial charge on any atom is 0.0529 e. The minimum atomic E-state index is 0.0611. The molecule has 0 N–H and O–H groups in total. The van der Waals surface area contributed by atoms with E-state index in [4.69, 9.17) is 0 Å². The fourth-order valence-electron chi connectivity index (χ4n) is 4.16. The number of hydrogen-bond acceptors (Lipinski definition) is 2. The molecule has 0 unspecified atom stereocenters. The van der Waals surface area contributed by atoms with Gasteiger partial charge in [0, 0.05) is 12.4 Å². The van der Waals surface area contributed by atoms with Gasteiger partial charge in [-0.25, -0.2) is 0 Å². The number of benzene rings is 2. The Labute approximate surface area is 166 Å². The summed E-state index contributed by atoms with van der Waals surface area (Å²) < 4.78 is 1.27. The van der Waals surface area contributed by atoms with E-state index in [0.717, 1.165) is 6.42 Å². The van der Waals surface area contributed by atoms with Gasteiger partial charge >= 0.3 is 0 Å². The molecule has 0 saturated heterocycles. The number of thiophene rings is 1. The van der Waals surface area contributed by atoms with Crippen molar-refractivity contribution >= 4 is 32.2 Å². The molecule has 0 bridgehead atoms. The van der Waals surface area contributed by atoms with E-state index in [9.17, 15) is 0 Å². The Morgan fingerprint density at radius 2 is 1.56 bits per heavy atom. The van der Waals surface area contributed by atoms with Crippen LogP contribution in [-0.2, 0) is 17.3 Å². The molecule has 0 saturated carbocycles. The van der Waals surface area contributed by atoms with Crippen LogP contribution in [0.15, 0.2) is 60.2 Å². The van der Waals surface area contributed by atoms with Gasteiger partial charge in [-0.05, 0) is 61.5 Å². The van der Waals surface area contributed by atoms with Crippen molar-refractivity contribution in [2.45, 2.75) is 51.9 Å². The molecule has 0 fully saturated rings. The topological polar surface area (TPSA) is 12.9 Å². The second kappa shape index (κ2) is 6.45. The Bertz CT molecular complexity index is 1110. The molecule has 2 aromatic heterocycles. The zero-order chi connectivity index (χ0) is 19.2. The average molecular weight is 374 g/mol. The van der Waals surface area contributed by atoms with Gasteiger partial charge in [-0.2, -0.15) is 0 Å². The molecular formula is C25H27NS. The third-order valence-corrected chi connectivity index (χ3v) is 6.49. The molecule has 0 amide bonds. The van der Waals surface area contributed by atoms with Crippen LogP contribution in [0, 0.1) is 0 Å². The van der Waals surface area contributed by atoms with E-state index < -0.39 is 0 Å². The average Bonchev–Trinajstić information content (AvgIpc) is 3.05. The first-order valence-electron chi connectivity index (χ1n) is 9.60. The highest BCUT2D eigenvalue weighted by atomic mass is 32.1. The number of pyridine rings is 1. The van der Waals surface area contributed by atoms with Crippen LogP contribution in [0.25, 0.3) is 20.9 Å². The Morgan fingerprint density at radius 1 is 0.815 bits per heavy atom. The van der Waals surface area contributed by atoms with Gasteiger partial charge in [0.25, 0.3) is 0 Å². The molecule has 1 nitrogen and oxygen atoms in total. The highest BCUT2D eigenvalue weighted by Gasteiger charge is 2.26. The summed E-state index contributed by atoms with van der Waals surface area (Å²) in [6.07, 6.45) is 4.90. The standard InChI is InChI=1S/C25H27NS/c1-24(2,3)21-11-7-9-18-17(8-6-10-19(18)21)14-25(4,5)22-16-27-23-15-26-13-12-20(22)23/h6-13,15-16H,14H2,1-5H3. The van der Waals surface area contributed by atoms with Crippen molar-refractivity contribution in [3.63, 3.8) is 0 Å². The lowest BCUT2D eigenvalue weighted by Gasteiger charge is -2.27. The van der Waals surface area contributed by atoms with Gasteiger partial charge in [-0.15, -0.1) is 11.3 Å². The van der Waals surface area contributed by atoms with Crippen LogP contribution in [0.3, 0.4) is 0 Å². The molecule has 2 aromatic carbocycles. The predicted molar refractivity (Wildman–Crippen MR) is 119 cm³/mol. The first-order chi connectivity index (χ1) is 12.8. The summed E-state index contributed by atoms with van der Waals surface area (Å²) in [6.45, 7) is 11.6. The smallest absolute Gasteiger partial charge is 0.0529 e. The summed E-state index contributed by atoms with van der Waals surface area (Å²) in [5, 5.41) is 6.44. The summed E-state index contributed by atoms with van der Waals surface area (Å²) in [4.78, 5) is 4.28. The van der Waals surface area contributed by atoms with Gasteiger partial charge in [-0.1, -0.05) is 71.0 Å². The monoisotopic (exact) mass is 373 g/mol. The van der Waals surface area contributed by atoms with Crippen molar-refractivity contribution in [3.05, 3.63) is 76.9 Å². The first kappa shape index (κ1) is 18.2. The fourth-order valence-corrected chi connectivity index (χ4v) is 5.28. The molecule has 138 valence electrons. The fraction of sp³-hybridized carbons (Fsp3) is 0.320. The van der Waals surface area contributed by atoms with Crippen molar-refractivity contribution in [2.24, 2.45) is 0 Å². The first-order valence-corrected chi connectivity index (χ1v) is 10.5. The maximum atomic E-state index is 4.28. The molecule has 0 aliphatic rings. The van der Waals surface area contributed by atoms with Crippen molar-refractivity contribution in [1.82, 2.24) is 4.98 Å². The Hall–Kier alpha value is -2.19. The minimum absolute atomic E-state index is 0.0611. The van der Waals surface area contributed by atoms with Gasteiger partial charge in [0.2, 0.25) is 0 Å². The van der Waals surface area contributed by atoms with Crippen LogP contribution in [0.4, 0.5) is 0 Å². The second-order valence-corrected chi connectivity index (χ2v) is 10.1. The number of rotatable bonds is 3. The molecule has 0 aliphatic heterocycles. The third kappa shape index (κ3) is 3.27.